The molecule has 0 spiro atoms. The van der Waals surface area contributed by atoms with Gasteiger partial charge in [-0.15, -0.1) is 0 Å². The second kappa shape index (κ2) is 6.60. The quantitative estimate of drug-likeness (QED) is 0.861. The van der Waals surface area contributed by atoms with Gasteiger partial charge in [-0.2, -0.15) is 0 Å². The molecular formula is C18H24N2O3. The Balaban J connectivity index is 1.72. The summed E-state index contributed by atoms with van der Waals surface area (Å²) in [7, 11) is 1.63. The molecule has 0 aromatic heterocycles. The number of amides is 1. The summed E-state index contributed by atoms with van der Waals surface area (Å²) in [6.45, 7) is 4.23. The molecule has 1 amide bonds. The highest BCUT2D eigenvalue weighted by Gasteiger charge is 2.38. The molecule has 0 radical (unpaired) electrons. The third kappa shape index (κ3) is 3.05. The number of piperidine rings is 1. The molecule has 23 heavy (non-hydrogen) atoms. The molecule has 2 aliphatic rings. The zero-order valence-electron chi connectivity index (χ0n) is 14.0. The minimum Gasteiger partial charge on any atom is -0.496 e. The first-order valence-electron chi connectivity index (χ1n) is 8.30. The fourth-order valence-corrected chi connectivity index (χ4v) is 3.57. The Morgan fingerprint density at radius 3 is 2.65 bits per heavy atom. The van der Waals surface area contributed by atoms with Crippen molar-refractivity contribution in [3.63, 3.8) is 0 Å². The highest BCUT2D eigenvalue weighted by molar-refractivity contribution is 6.06. The second-order valence-corrected chi connectivity index (χ2v) is 6.41. The van der Waals surface area contributed by atoms with Crippen LogP contribution in [0.5, 0.6) is 5.75 Å². The van der Waals surface area contributed by atoms with Crippen LogP contribution in [0.4, 0.5) is 0 Å². The SMILES string of the molecule is COc1ccccc1C1=NO[C@H](C(=O)N2[C@@H](C)CCC[C@@H]2C)C1. The average Bonchev–Trinajstić information content (AvgIpc) is 3.04. The van der Waals surface area contributed by atoms with E-state index >= 15 is 0 Å². The summed E-state index contributed by atoms with van der Waals surface area (Å²) in [5, 5.41) is 4.15. The molecule has 0 bridgehead atoms. The van der Waals surface area contributed by atoms with E-state index in [2.05, 4.69) is 19.0 Å². The van der Waals surface area contributed by atoms with Gasteiger partial charge in [0, 0.05) is 24.1 Å². The molecule has 0 unspecified atom stereocenters. The minimum atomic E-state index is -0.516. The van der Waals surface area contributed by atoms with E-state index in [4.69, 9.17) is 9.57 Å². The molecular weight excluding hydrogens is 292 g/mol. The number of hydrogen-bond donors (Lipinski definition) is 0. The maximum atomic E-state index is 12.8. The molecule has 1 aromatic rings. The lowest BCUT2D eigenvalue weighted by Crippen LogP contribution is -2.51. The Morgan fingerprint density at radius 2 is 1.96 bits per heavy atom. The predicted molar refractivity (Wildman–Crippen MR) is 88.6 cm³/mol. The summed E-state index contributed by atoms with van der Waals surface area (Å²) in [4.78, 5) is 20.3. The molecule has 1 saturated heterocycles. The Hall–Kier alpha value is -2.04. The van der Waals surface area contributed by atoms with Crippen LogP contribution in [0.15, 0.2) is 29.4 Å². The van der Waals surface area contributed by atoms with Crippen LogP contribution in [0.1, 0.15) is 45.1 Å². The lowest BCUT2D eigenvalue weighted by atomic mass is 9.95. The Morgan fingerprint density at radius 1 is 1.26 bits per heavy atom. The van der Waals surface area contributed by atoms with Gasteiger partial charge in [-0.05, 0) is 45.2 Å². The highest BCUT2D eigenvalue weighted by atomic mass is 16.6. The molecule has 1 fully saturated rings. The van der Waals surface area contributed by atoms with Gasteiger partial charge < -0.3 is 14.5 Å². The van der Waals surface area contributed by atoms with Crippen LogP contribution >= 0.6 is 0 Å². The number of para-hydroxylation sites is 1. The van der Waals surface area contributed by atoms with Crippen molar-refractivity contribution in [2.24, 2.45) is 5.16 Å². The molecule has 5 nitrogen and oxygen atoms in total. The lowest BCUT2D eigenvalue weighted by Gasteiger charge is -2.39. The van der Waals surface area contributed by atoms with Crippen molar-refractivity contribution in [2.75, 3.05) is 7.11 Å². The van der Waals surface area contributed by atoms with Crippen LogP contribution in [0.2, 0.25) is 0 Å². The van der Waals surface area contributed by atoms with Gasteiger partial charge in [-0.3, -0.25) is 4.79 Å². The van der Waals surface area contributed by atoms with Gasteiger partial charge >= 0.3 is 0 Å². The van der Waals surface area contributed by atoms with Crippen molar-refractivity contribution >= 4 is 11.6 Å². The maximum absolute atomic E-state index is 12.8. The number of methoxy groups -OCH3 is 1. The molecule has 124 valence electrons. The number of hydrogen-bond acceptors (Lipinski definition) is 4. The van der Waals surface area contributed by atoms with Crippen LogP contribution in [0.25, 0.3) is 0 Å². The summed E-state index contributed by atoms with van der Waals surface area (Å²) < 4.78 is 5.37. The van der Waals surface area contributed by atoms with Crippen LogP contribution in [0.3, 0.4) is 0 Å². The first-order chi connectivity index (χ1) is 11.1. The molecule has 2 aliphatic heterocycles. The van der Waals surface area contributed by atoms with Gasteiger partial charge in [-0.25, -0.2) is 0 Å². The van der Waals surface area contributed by atoms with E-state index in [0.717, 1.165) is 29.9 Å². The van der Waals surface area contributed by atoms with E-state index in [1.807, 2.05) is 29.2 Å². The molecule has 0 aliphatic carbocycles. The van der Waals surface area contributed by atoms with Gasteiger partial charge in [0.25, 0.3) is 5.91 Å². The summed E-state index contributed by atoms with van der Waals surface area (Å²) in [6.07, 6.45) is 3.28. The molecule has 1 aromatic carbocycles. The third-order valence-corrected chi connectivity index (χ3v) is 4.81. The van der Waals surface area contributed by atoms with Crippen molar-refractivity contribution in [1.82, 2.24) is 4.90 Å². The normalized spacial score (nSPS) is 27.3. The van der Waals surface area contributed by atoms with Crippen molar-refractivity contribution in [1.29, 1.82) is 0 Å². The summed E-state index contributed by atoms with van der Waals surface area (Å²) >= 11 is 0. The minimum absolute atomic E-state index is 0.0540. The second-order valence-electron chi connectivity index (χ2n) is 6.41. The number of rotatable bonds is 3. The van der Waals surface area contributed by atoms with E-state index < -0.39 is 6.10 Å². The van der Waals surface area contributed by atoms with Crippen molar-refractivity contribution in [3.8, 4) is 5.75 Å². The van der Waals surface area contributed by atoms with Gasteiger partial charge in [0.1, 0.15) is 5.75 Å². The standard InChI is InChI=1S/C18H24N2O3/c1-12-7-6-8-13(2)20(12)18(21)17-11-15(19-23-17)14-9-4-5-10-16(14)22-3/h4-5,9-10,12-13,17H,6-8,11H2,1-3H3/t12-,13-,17-/m0/s1. The van der Waals surface area contributed by atoms with Gasteiger partial charge in [0.05, 0.1) is 12.8 Å². The monoisotopic (exact) mass is 316 g/mol. The Labute approximate surface area is 137 Å². The molecule has 5 heteroatoms. The zero-order valence-corrected chi connectivity index (χ0v) is 14.0. The van der Waals surface area contributed by atoms with Crippen molar-refractivity contribution in [2.45, 2.75) is 57.7 Å². The first-order valence-corrected chi connectivity index (χ1v) is 8.30. The number of nitrogens with zero attached hydrogens (tertiary/aromatic N) is 2. The molecule has 0 saturated carbocycles. The Bertz CT molecular complexity index is 604. The van der Waals surface area contributed by atoms with Crippen molar-refractivity contribution in [3.05, 3.63) is 29.8 Å². The van der Waals surface area contributed by atoms with Crippen LogP contribution in [-0.2, 0) is 9.63 Å². The van der Waals surface area contributed by atoms with E-state index in [1.165, 1.54) is 6.42 Å². The number of ether oxygens (including phenoxy) is 1. The van der Waals surface area contributed by atoms with Gasteiger partial charge in [0.2, 0.25) is 6.10 Å². The number of oxime groups is 1. The predicted octanol–water partition coefficient (Wildman–Crippen LogP) is 2.98. The van der Waals surface area contributed by atoms with Crippen LogP contribution < -0.4 is 4.74 Å². The smallest absolute Gasteiger partial charge is 0.267 e. The topological polar surface area (TPSA) is 51.1 Å². The molecule has 2 heterocycles. The van der Waals surface area contributed by atoms with E-state index in [9.17, 15) is 4.79 Å². The van der Waals surface area contributed by atoms with Crippen molar-refractivity contribution < 1.29 is 14.4 Å². The maximum Gasteiger partial charge on any atom is 0.267 e. The largest absolute Gasteiger partial charge is 0.496 e. The number of benzene rings is 1. The number of likely N-dealkylation sites (tertiary alicyclic amines) is 1. The Kier molecular flexibility index (Phi) is 4.55. The van der Waals surface area contributed by atoms with E-state index in [0.29, 0.717) is 6.42 Å². The van der Waals surface area contributed by atoms with Gasteiger partial charge in [0.15, 0.2) is 0 Å². The molecule has 0 N–H and O–H groups in total. The fraction of sp³-hybridized carbons (Fsp3) is 0.556. The van der Waals surface area contributed by atoms with Crippen LogP contribution in [-0.4, -0.2) is 41.8 Å². The molecule has 3 atom stereocenters. The summed E-state index contributed by atoms with van der Waals surface area (Å²) in [6, 6.07) is 8.22. The van der Waals surface area contributed by atoms with E-state index in [-0.39, 0.29) is 18.0 Å². The molecule has 3 rings (SSSR count). The first kappa shape index (κ1) is 15.8. The zero-order chi connectivity index (χ0) is 16.4. The third-order valence-electron chi connectivity index (χ3n) is 4.81. The number of carbonyl (C=O) groups excluding carboxylic acids is 1. The van der Waals surface area contributed by atoms with Crippen LogP contribution in [0, 0.1) is 0 Å². The van der Waals surface area contributed by atoms with Gasteiger partial charge in [-0.1, -0.05) is 17.3 Å². The average molecular weight is 316 g/mol. The fourth-order valence-electron chi connectivity index (χ4n) is 3.57. The summed E-state index contributed by atoms with van der Waals surface area (Å²) in [5.41, 5.74) is 1.67. The number of carbonyl (C=O) groups is 1. The summed E-state index contributed by atoms with van der Waals surface area (Å²) in [5.74, 6) is 0.806. The van der Waals surface area contributed by atoms with E-state index in [1.54, 1.807) is 7.11 Å². The lowest BCUT2D eigenvalue weighted by molar-refractivity contribution is -0.148. The highest BCUT2D eigenvalue weighted by Crippen LogP contribution is 2.28.